The number of anilines is 2. The number of rotatable bonds is 6. The number of hydrogen-bond donors (Lipinski definition) is 0. The summed E-state index contributed by atoms with van der Waals surface area (Å²) in [5.41, 5.74) is 1.87. The highest BCUT2D eigenvalue weighted by Gasteiger charge is 2.14. The molecule has 98 valence electrons. The summed E-state index contributed by atoms with van der Waals surface area (Å²) < 4.78 is 0. The average molecular weight is 269 g/mol. The van der Waals surface area contributed by atoms with Crippen LogP contribution in [0.4, 0.5) is 11.4 Å². The molecule has 0 aliphatic carbocycles. The van der Waals surface area contributed by atoms with E-state index in [2.05, 4.69) is 11.0 Å². The lowest BCUT2D eigenvalue weighted by molar-refractivity contribution is -0.113. The molecule has 0 bridgehead atoms. The van der Waals surface area contributed by atoms with Crippen molar-refractivity contribution < 1.29 is 9.63 Å². The van der Waals surface area contributed by atoms with Gasteiger partial charge in [0.2, 0.25) is 6.41 Å². The fraction of sp³-hybridized carbons (Fsp3) is 0.462. The summed E-state index contributed by atoms with van der Waals surface area (Å²) in [6.07, 6.45) is 3.12. The Balaban J connectivity index is 2.11. The van der Waals surface area contributed by atoms with Gasteiger partial charge in [0.15, 0.2) is 0 Å². The minimum atomic E-state index is 0.314. The summed E-state index contributed by atoms with van der Waals surface area (Å²) >= 11 is 5.55. The van der Waals surface area contributed by atoms with Gasteiger partial charge in [0, 0.05) is 24.7 Å². The van der Waals surface area contributed by atoms with Crippen molar-refractivity contribution in [1.82, 2.24) is 0 Å². The SMILES string of the molecule is O=CN(OCCCl)c1cccc(N2CCCC2)c1. The van der Waals surface area contributed by atoms with Gasteiger partial charge in [-0.1, -0.05) is 6.07 Å². The molecule has 0 N–H and O–H groups in total. The summed E-state index contributed by atoms with van der Waals surface area (Å²) in [6, 6.07) is 7.80. The predicted octanol–water partition coefficient (Wildman–Crippen LogP) is 2.42. The van der Waals surface area contributed by atoms with E-state index in [1.165, 1.54) is 17.9 Å². The number of amides is 1. The Labute approximate surface area is 112 Å². The van der Waals surface area contributed by atoms with Crippen LogP contribution in [0.2, 0.25) is 0 Å². The Morgan fingerprint density at radius 2 is 2.17 bits per heavy atom. The van der Waals surface area contributed by atoms with Crippen LogP contribution < -0.4 is 9.96 Å². The number of alkyl halides is 1. The molecule has 1 aliphatic rings. The number of hydroxylamine groups is 1. The maximum atomic E-state index is 11.0. The summed E-state index contributed by atoms with van der Waals surface area (Å²) in [5.74, 6) is 0.357. The Bertz CT molecular complexity index is 394. The van der Waals surface area contributed by atoms with Crippen LogP contribution in [0.5, 0.6) is 0 Å². The predicted molar refractivity (Wildman–Crippen MR) is 73.1 cm³/mol. The van der Waals surface area contributed by atoms with Crippen molar-refractivity contribution in [3.8, 4) is 0 Å². The second kappa shape index (κ2) is 6.61. The van der Waals surface area contributed by atoms with Crippen molar-refractivity contribution in [3.63, 3.8) is 0 Å². The van der Waals surface area contributed by atoms with Crippen LogP contribution in [-0.4, -0.2) is 32.0 Å². The Morgan fingerprint density at radius 3 is 2.83 bits per heavy atom. The monoisotopic (exact) mass is 268 g/mol. The quantitative estimate of drug-likeness (QED) is 0.451. The van der Waals surface area contributed by atoms with E-state index in [1.54, 1.807) is 0 Å². The topological polar surface area (TPSA) is 32.8 Å². The zero-order valence-electron chi connectivity index (χ0n) is 10.2. The van der Waals surface area contributed by atoms with Gasteiger partial charge in [-0.25, -0.2) is 0 Å². The smallest absolute Gasteiger partial charge is 0.238 e. The van der Waals surface area contributed by atoms with Gasteiger partial charge in [-0.2, -0.15) is 5.06 Å². The van der Waals surface area contributed by atoms with E-state index < -0.39 is 0 Å². The van der Waals surface area contributed by atoms with Crippen molar-refractivity contribution in [3.05, 3.63) is 24.3 Å². The van der Waals surface area contributed by atoms with Gasteiger partial charge in [0.1, 0.15) is 0 Å². The van der Waals surface area contributed by atoms with Gasteiger partial charge in [0.05, 0.1) is 12.3 Å². The van der Waals surface area contributed by atoms with Crippen molar-refractivity contribution >= 4 is 29.4 Å². The fourth-order valence-electron chi connectivity index (χ4n) is 2.10. The van der Waals surface area contributed by atoms with E-state index in [9.17, 15) is 4.79 Å². The molecule has 0 aromatic heterocycles. The number of halogens is 1. The third kappa shape index (κ3) is 3.15. The average Bonchev–Trinajstić information content (AvgIpc) is 2.94. The van der Waals surface area contributed by atoms with Gasteiger partial charge in [-0.15, -0.1) is 11.6 Å². The van der Waals surface area contributed by atoms with Crippen LogP contribution in [0.15, 0.2) is 24.3 Å². The van der Waals surface area contributed by atoms with Crippen LogP contribution in [0, 0.1) is 0 Å². The summed E-state index contributed by atoms with van der Waals surface area (Å²) in [6.45, 7) is 2.47. The number of hydrogen-bond acceptors (Lipinski definition) is 3. The number of carbonyl (C=O) groups excluding carboxylic acids is 1. The molecule has 1 aromatic carbocycles. The van der Waals surface area contributed by atoms with Gasteiger partial charge in [0.25, 0.3) is 0 Å². The lowest BCUT2D eigenvalue weighted by atomic mass is 10.2. The molecule has 1 heterocycles. The van der Waals surface area contributed by atoms with Crippen LogP contribution in [-0.2, 0) is 9.63 Å². The molecule has 18 heavy (non-hydrogen) atoms. The minimum absolute atomic E-state index is 0.314. The van der Waals surface area contributed by atoms with Crippen molar-refractivity contribution in [1.29, 1.82) is 0 Å². The molecule has 1 aliphatic heterocycles. The molecule has 5 heteroatoms. The van der Waals surface area contributed by atoms with Gasteiger partial charge >= 0.3 is 0 Å². The lowest BCUT2D eigenvalue weighted by Crippen LogP contribution is -2.23. The number of benzene rings is 1. The largest absolute Gasteiger partial charge is 0.371 e. The van der Waals surface area contributed by atoms with Crippen LogP contribution in [0.1, 0.15) is 12.8 Å². The van der Waals surface area contributed by atoms with E-state index in [0.717, 1.165) is 24.5 Å². The third-order valence-electron chi connectivity index (χ3n) is 2.96. The van der Waals surface area contributed by atoms with E-state index >= 15 is 0 Å². The Hall–Kier alpha value is -1.26. The molecule has 4 nitrogen and oxygen atoms in total. The molecule has 0 unspecified atom stereocenters. The molecule has 2 rings (SSSR count). The Kier molecular flexibility index (Phi) is 4.84. The highest BCUT2D eigenvalue weighted by molar-refractivity contribution is 6.18. The van der Waals surface area contributed by atoms with Gasteiger partial charge in [-0.05, 0) is 31.0 Å². The zero-order valence-corrected chi connectivity index (χ0v) is 11.0. The van der Waals surface area contributed by atoms with Crippen molar-refractivity contribution in [2.75, 3.05) is 35.5 Å². The number of carbonyl (C=O) groups is 1. The summed E-state index contributed by atoms with van der Waals surface area (Å²) in [5, 5.41) is 1.22. The highest BCUT2D eigenvalue weighted by Crippen LogP contribution is 2.25. The second-order valence-electron chi connectivity index (χ2n) is 4.17. The molecule has 0 saturated carbocycles. The van der Waals surface area contributed by atoms with Crippen LogP contribution in [0.25, 0.3) is 0 Å². The number of nitrogens with zero attached hydrogens (tertiary/aromatic N) is 2. The van der Waals surface area contributed by atoms with E-state index in [1.807, 2.05) is 18.2 Å². The molecule has 1 saturated heterocycles. The molecular weight excluding hydrogens is 252 g/mol. The maximum absolute atomic E-state index is 11.0. The summed E-state index contributed by atoms with van der Waals surface area (Å²) in [7, 11) is 0. The first-order valence-electron chi connectivity index (χ1n) is 6.13. The molecule has 1 fully saturated rings. The van der Waals surface area contributed by atoms with Crippen molar-refractivity contribution in [2.45, 2.75) is 12.8 Å². The first kappa shape index (κ1) is 13.2. The fourth-order valence-corrected chi connectivity index (χ4v) is 2.17. The maximum Gasteiger partial charge on any atom is 0.238 e. The first-order valence-corrected chi connectivity index (χ1v) is 6.67. The molecular formula is C13H17ClN2O2. The molecule has 0 atom stereocenters. The first-order chi connectivity index (χ1) is 8.85. The molecule has 0 spiro atoms. The van der Waals surface area contributed by atoms with E-state index in [-0.39, 0.29) is 0 Å². The van der Waals surface area contributed by atoms with E-state index in [0.29, 0.717) is 18.9 Å². The zero-order chi connectivity index (χ0) is 12.8. The standard InChI is InChI=1S/C13H17ClN2O2/c14-6-9-18-16(11-17)13-5-3-4-12(10-13)15-7-1-2-8-15/h3-5,10-11H,1-2,6-9H2. The van der Waals surface area contributed by atoms with Crippen molar-refractivity contribution in [2.24, 2.45) is 0 Å². The molecule has 0 radical (unpaired) electrons. The third-order valence-corrected chi connectivity index (χ3v) is 3.11. The second-order valence-corrected chi connectivity index (χ2v) is 4.55. The van der Waals surface area contributed by atoms with Crippen LogP contribution >= 0.6 is 11.6 Å². The lowest BCUT2D eigenvalue weighted by Gasteiger charge is -2.21. The summed E-state index contributed by atoms with van der Waals surface area (Å²) in [4.78, 5) is 18.6. The van der Waals surface area contributed by atoms with Gasteiger partial charge in [-0.3, -0.25) is 9.63 Å². The van der Waals surface area contributed by atoms with Gasteiger partial charge < -0.3 is 4.90 Å². The Morgan fingerprint density at radius 1 is 1.39 bits per heavy atom. The van der Waals surface area contributed by atoms with E-state index in [4.69, 9.17) is 16.4 Å². The molecule has 1 aromatic rings. The van der Waals surface area contributed by atoms with Crippen LogP contribution in [0.3, 0.4) is 0 Å². The minimum Gasteiger partial charge on any atom is -0.371 e. The molecule has 1 amide bonds. The highest BCUT2D eigenvalue weighted by atomic mass is 35.5. The normalized spacial score (nSPS) is 14.8.